The molecule has 4 aromatic heterocycles. The number of rotatable bonds is 2. The van der Waals surface area contributed by atoms with Crippen molar-refractivity contribution in [2.24, 2.45) is 7.05 Å². The Kier molecular flexibility index (Phi) is 3.88. The van der Waals surface area contributed by atoms with Crippen molar-refractivity contribution in [2.45, 2.75) is 12.5 Å². The molecule has 28 heavy (non-hydrogen) atoms. The second-order valence-electron chi connectivity index (χ2n) is 6.50. The van der Waals surface area contributed by atoms with Crippen molar-refractivity contribution in [2.75, 3.05) is 6.54 Å². The minimum absolute atomic E-state index is 0.0272. The molecule has 0 aliphatic carbocycles. The predicted molar refractivity (Wildman–Crippen MR) is 101 cm³/mol. The van der Waals surface area contributed by atoms with Crippen LogP contribution in [0.5, 0.6) is 0 Å². The number of imidazole rings is 1. The first-order valence-electron chi connectivity index (χ1n) is 8.57. The number of fused-ring (bicyclic) bond motifs is 2. The van der Waals surface area contributed by atoms with Crippen LogP contribution in [-0.4, -0.2) is 51.7 Å². The van der Waals surface area contributed by atoms with E-state index in [1.807, 2.05) is 18.2 Å². The minimum atomic E-state index is -0.478. The molecule has 1 aliphatic heterocycles. The van der Waals surface area contributed by atoms with Gasteiger partial charge in [0.05, 0.1) is 23.2 Å². The zero-order chi connectivity index (χ0) is 19.4. The summed E-state index contributed by atoms with van der Waals surface area (Å²) in [5.41, 5.74) is 3.24. The molecule has 1 N–H and O–H groups in total. The molecular weight excluding hydrogens is 403 g/mol. The summed E-state index contributed by atoms with van der Waals surface area (Å²) in [6.07, 6.45) is 2.28. The zero-order valence-electron chi connectivity index (χ0n) is 14.7. The molecule has 0 unspecified atom stereocenters. The highest BCUT2D eigenvalue weighted by Gasteiger charge is 2.37. The average Bonchev–Trinajstić information content (AvgIpc) is 3.38. The van der Waals surface area contributed by atoms with Gasteiger partial charge < -0.3 is 9.88 Å². The highest BCUT2D eigenvalue weighted by Crippen LogP contribution is 2.34. The lowest BCUT2D eigenvalue weighted by Gasteiger charge is -2.33. The fourth-order valence-electron chi connectivity index (χ4n) is 3.60. The fourth-order valence-corrected chi connectivity index (χ4v) is 4.00. The number of carbonyl (C=O) groups is 1. The molecule has 9 nitrogen and oxygen atoms in total. The number of halogens is 2. The van der Waals surface area contributed by atoms with Crippen molar-refractivity contribution in [3.05, 3.63) is 63.9 Å². The summed E-state index contributed by atoms with van der Waals surface area (Å²) in [6, 6.07) is 6.95. The van der Waals surface area contributed by atoms with E-state index >= 15 is 0 Å². The number of nitrogens with zero attached hydrogens (tertiary/aromatic N) is 7. The van der Waals surface area contributed by atoms with E-state index in [0.717, 1.165) is 16.9 Å². The van der Waals surface area contributed by atoms with E-state index in [0.29, 0.717) is 23.8 Å². The lowest BCUT2D eigenvalue weighted by Crippen LogP contribution is -2.42. The van der Waals surface area contributed by atoms with Crippen molar-refractivity contribution in [1.82, 2.24) is 39.2 Å². The number of hydrogen-bond acceptors (Lipinski definition) is 5. The number of hydrogen-bond donors (Lipinski definition) is 1. The lowest BCUT2D eigenvalue weighted by atomic mass is 9.99. The van der Waals surface area contributed by atoms with Crippen LogP contribution in [0.4, 0.5) is 0 Å². The molecule has 0 saturated carbocycles. The second-order valence-corrected chi connectivity index (χ2v) is 7.23. The van der Waals surface area contributed by atoms with Gasteiger partial charge in [0.1, 0.15) is 11.2 Å². The Balaban J connectivity index is 1.65. The van der Waals surface area contributed by atoms with E-state index in [9.17, 15) is 4.79 Å². The van der Waals surface area contributed by atoms with Crippen LogP contribution in [0.25, 0.3) is 5.52 Å². The molecule has 0 spiro atoms. The third kappa shape index (κ3) is 2.58. The smallest absolute Gasteiger partial charge is 0.292 e. The third-order valence-electron chi connectivity index (χ3n) is 4.85. The van der Waals surface area contributed by atoms with Gasteiger partial charge in [-0.2, -0.15) is 10.1 Å². The number of carbonyl (C=O) groups excluding carboxylic acids is 1. The standard InChI is InChI=1S/C17H14Cl2N8O/c1-25-15(22-17(19)24-25)16(28)26-6-5-10-13(21-8-20-10)14(26)11-7-9-3-2-4-12(18)27(9)23-11/h2-4,7-8,14H,5-6H2,1H3,(H,20,21)/t14-/m1/s1. The molecule has 4 aromatic rings. The molecule has 5 rings (SSSR count). The predicted octanol–water partition coefficient (Wildman–Crippen LogP) is 2.28. The molecule has 0 fully saturated rings. The first kappa shape index (κ1) is 17.2. The maximum atomic E-state index is 13.3. The number of nitrogens with one attached hydrogen (secondary N) is 1. The van der Waals surface area contributed by atoms with Gasteiger partial charge in [0.15, 0.2) is 0 Å². The number of pyridine rings is 1. The van der Waals surface area contributed by atoms with Crippen LogP contribution >= 0.6 is 23.2 Å². The SMILES string of the molecule is Cn1nc(Cl)nc1C(=O)N1CCc2[nH]cnc2[C@H]1c1cc2cccc(Cl)n2n1. The number of aryl methyl sites for hydroxylation is 1. The molecule has 1 atom stereocenters. The third-order valence-corrected chi connectivity index (χ3v) is 5.30. The van der Waals surface area contributed by atoms with E-state index < -0.39 is 6.04 Å². The molecule has 0 bridgehead atoms. The van der Waals surface area contributed by atoms with Crippen LogP contribution in [0, 0.1) is 0 Å². The summed E-state index contributed by atoms with van der Waals surface area (Å²) in [4.78, 5) is 26.6. The van der Waals surface area contributed by atoms with Gasteiger partial charge >= 0.3 is 0 Å². The van der Waals surface area contributed by atoms with Gasteiger partial charge in [-0.3, -0.25) is 4.79 Å². The van der Waals surface area contributed by atoms with Crippen LogP contribution in [0.1, 0.15) is 33.7 Å². The van der Waals surface area contributed by atoms with Crippen LogP contribution < -0.4 is 0 Å². The Morgan fingerprint density at radius 3 is 2.89 bits per heavy atom. The van der Waals surface area contributed by atoms with Gasteiger partial charge in [-0.15, -0.1) is 5.10 Å². The largest absolute Gasteiger partial charge is 0.348 e. The normalized spacial score (nSPS) is 16.5. The summed E-state index contributed by atoms with van der Waals surface area (Å²) >= 11 is 12.1. The molecule has 1 amide bonds. The first-order valence-corrected chi connectivity index (χ1v) is 9.32. The van der Waals surface area contributed by atoms with Gasteiger partial charge in [-0.25, -0.2) is 14.2 Å². The second kappa shape index (κ2) is 6.32. The Morgan fingerprint density at radius 1 is 1.29 bits per heavy atom. The molecule has 142 valence electrons. The van der Waals surface area contributed by atoms with E-state index in [4.69, 9.17) is 23.2 Å². The van der Waals surface area contributed by atoms with Crippen LogP contribution in [-0.2, 0) is 13.5 Å². The van der Waals surface area contributed by atoms with Crippen molar-refractivity contribution >= 4 is 34.6 Å². The summed E-state index contributed by atoms with van der Waals surface area (Å²) in [5.74, 6) is -0.125. The highest BCUT2D eigenvalue weighted by atomic mass is 35.5. The van der Waals surface area contributed by atoms with Gasteiger partial charge in [-0.05, 0) is 29.8 Å². The van der Waals surface area contributed by atoms with Crippen LogP contribution in [0.15, 0.2) is 30.6 Å². The van der Waals surface area contributed by atoms with Gasteiger partial charge in [0.25, 0.3) is 5.91 Å². The Bertz CT molecular complexity index is 1210. The minimum Gasteiger partial charge on any atom is -0.348 e. The van der Waals surface area contributed by atoms with E-state index in [1.165, 1.54) is 4.68 Å². The summed E-state index contributed by atoms with van der Waals surface area (Å²) in [5, 5.41) is 9.12. The summed E-state index contributed by atoms with van der Waals surface area (Å²) < 4.78 is 3.02. The van der Waals surface area contributed by atoms with E-state index in [1.54, 1.807) is 28.9 Å². The maximum Gasteiger partial charge on any atom is 0.292 e. The van der Waals surface area contributed by atoms with E-state index in [2.05, 4.69) is 25.1 Å². The summed E-state index contributed by atoms with van der Waals surface area (Å²) in [7, 11) is 1.63. The van der Waals surface area contributed by atoms with Crippen molar-refractivity contribution in [3.63, 3.8) is 0 Å². The van der Waals surface area contributed by atoms with Gasteiger partial charge in [-0.1, -0.05) is 17.7 Å². The number of aromatic amines is 1. The van der Waals surface area contributed by atoms with E-state index in [-0.39, 0.29) is 17.0 Å². The Hall–Kier alpha value is -2.91. The topological polar surface area (TPSA) is 97.0 Å². The molecule has 0 radical (unpaired) electrons. The Labute approximate surface area is 168 Å². The van der Waals surface area contributed by atoms with Crippen LogP contribution in [0.3, 0.4) is 0 Å². The molecular formula is C17H14Cl2N8O. The average molecular weight is 417 g/mol. The maximum absolute atomic E-state index is 13.3. The molecule has 0 saturated heterocycles. The van der Waals surface area contributed by atoms with Crippen molar-refractivity contribution in [1.29, 1.82) is 0 Å². The first-order chi connectivity index (χ1) is 13.5. The number of amides is 1. The highest BCUT2D eigenvalue weighted by molar-refractivity contribution is 6.29. The molecule has 0 aromatic carbocycles. The zero-order valence-corrected chi connectivity index (χ0v) is 16.2. The van der Waals surface area contributed by atoms with Crippen molar-refractivity contribution < 1.29 is 4.79 Å². The monoisotopic (exact) mass is 416 g/mol. The lowest BCUT2D eigenvalue weighted by molar-refractivity contribution is 0.0669. The molecule has 5 heterocycles. The molecule has 11 heteroatoms. The quantitative estimate of drug-likeness (QED) is 0.505. The summed E-state index contributed by atoms with van der Waals surface area (Å²) in [6.45, 7) is 0.477. The molecule has 1 aliphatic rings. The fraction of sp³-hybridized carbons (Fsp3) is 0.235. The van der Waals surface area contributed by atoms with Crippen molar-refractivity contribution in [3.8, 4) is 0 Å². The number of H-pyrrole nitrogens is 1. The van der Waals surface area contributed by atoms with Gasteiger partial charge in [0.2, 0.25) is 11.1 Å². The van der Waals surface area contributed by atoms with Crippen LogP contribution in [0.2, 0.25) is 10.4 Å². The Morgan fingerprint density at radius 2 is 2.14 bits per heavy atom. The van der Waals surface area contributed by atoms with Gasteiger partial charge in [0, 0.05) is 25.7 Å². The number of aromatic nitrogens is 7.